The lowest BCUT2D eigenvalue weighted by molar-refractivity contribution is 0.100. The second kappa shape index (κ2) is 5.27. The van der Waals surface area contributed by atoms with Gasteiger partial charge in [0.25, 0.3) is 0 Å². The highest BCUT2D eigenvalue weighted by molar-refractivity contribution is 9.10. The second-order valence-corrected chi connectivity index (χ2v) is 4.32. The molecule has 0 N–H and O–H groups in total. The molecular formula is C13H11BrO4. The summed E-state index contributed by atoms with van der Waals surface area (Å²) >= 11 is 3.26. The molecule has 0 radical (unpaired) electrons. The Balaban J connectivity index is 2.52. The molecule has 0 bridgehead atoms. The van der Waals surface area contributed by atoms with Crippen molar-refractivity contribution in [2.75, 3.05) is 14.2 Å². The van der Waals surface area contributed by atoms with E-state index in [2.05, 4.69) is 15.9 Å². The van der Waals surface area contributed by atoms with Gasteiger partial charge in [-0.3, -0.25) is 4.79 Å². The van der Waals surface area contributed by atoms with Gasteiger partial charge in [0, 0.05) is 0 Å². The van der Waals surface area contributed by atoms with Crippen molar-refractivity contribution in [1.29, 1.82) is 0 Å². The molecule has 5 heteroatoms. The highest BCUT2D eigenvalue weighted by Gasteiger charge is 2.22. The van der Waals surface area contributed by atoms with Crippen molar-refractivity contribution < 1.29 is 18.7 Å². The molecule has 1 aromatic heterocycles. The van der Waals surface area contributed by atoms with Gasteiger partial charge < -0.3 is 13.9 Å². The summed E-state index contributed by atoms with van der Waals surface area (Å²) in [6, 6.07) is 6.79. The van der Waals surface area contributed by atoms with E-state index < -0.39 is 0 Å². The summed E-state index contributed by atoms with van der Waals surface area (Å²) in [5.74, 6) is 0.878. The Kier molecular flexibility index (Phi) is 3.72. The molecule has 0 aliphatic rings. The van der Waals surface area contributed by atoms with Crippen LogP contribution in [-0.2, 0) is 0 Å². The molecule has 0 saturated heterocycles. The smallest absolute Gasteiger partial charge is 0.233 e. The van der Waals surface area contributed by atoms with E-state index in [1.54, 1.807) is 24.3 Å². The van der Waals surface area contributed by atoms with Crippen LogP contribution in [0.4, 0.5) is 0 Å². The maximum Gasteiger partial charge on any atom is 0.233 e. The molecule has 0 saturated carbocycles. The predicted molar refractivity (Wildman–Crippen MR) is 69.4 cm³/mol. The van der Waals surface area contributed by atoms with Gasteiger partial charge in [-0.2, -0.15) is 0 Å². The molecule has 0 atom stereocenters. The number of rotatable bonds is 4. The average Bonchev–Trinajstić information content (AvgIpc) is 2.83. The van der Waals surface area contributed by atoms with Gasteiger partial charge in [0.2, 0.25) is 5.78 Å². The Labute approximate surface area is 113 Å². The van der Waals surface area contributed by atoms with Crippen LogP contribution in [-0.4, -0.2) is 20.0 Å². The van der Waals surface area contributed by atoms with Crippen LogP contribution in [0.15, 0.2) is 39.4 Å². The summed E-state index contributed by atoms with van der Waals surface area (Å²) in [7, 11) is 3.01. The van der Waals surface area contributed by atoms with Crippen molar-refractivity contribution in [2.45, 2.75) is 0 Å². The standard InChI is InChI=1S/C13H11BrO4/c1-16-10-5-3-4-8(12(10)17-2)11(15)13-9(14)6-7-18-13/h3-7H,1-2H3. The predicted octanol–water partition coefficient (Wildman–Crippen LogP) is 3.29. The number of hydrogen-bond donors (Lipinski definition) is 0. The molecule has 2 rings (SSSR count). The van der Waals surface area contributed by atoms with Gasteiger partial charge in [0.1, 0.15) is 0 Å². The number of carbonyl (C=O) groups is 1. The van der Waals surface area contributed by atoms with Gasteiger partial charge in [-0.15, -0.1) is 0 Å². The summed E-state index contributed by atoms with van der Waals surface area (Å²) in [6.45, 7) is 0. The van der Waals surface area contributed by atoms with Crippen molar-refractivity contribution in [3.63, 3.8) is 0 Å². The molecule has 2 aromatic rings. The maximum absolute atomic E-state index is 12.3. The lowest BCUT2D eigenvalue weighted by Gasteiger charge is -2.10. The first kappa shape index (κ1) is 12.7. The molecule has 0 aliphatic heterocycles. The van der Waals surface area contributed by atoms with Gasteiger partial charge in [0.15, 0.2) is 17.3 Å². The first-order valence-electron chi connectivity index (χ1n) is 5.17. The van der Waals surface area contributed by atoms with Crippen molar-refractivity contribution in [3.05, 3.63) is 46.3 Å². The van der Waals surface area contributed by atoms with E-state index in [1.807, 2.05) is 0 Å². The van der Waals surface area contributed by atoms with Crippen LogP contribution in [0.2, 0.25) is 0 Å². The quantitative estimate of drug-likeness (QED) is 0.813. The Hall–Kier alpha value is -1.75. The lowest BCUT2D eigenvalue weighted by Crippen LogP contribution is -2.04. The zero-order chi connectivity index (χ0) is 13.1. The first-order valence-corrected chi connectivity index (χ1v) is 5.97. The summed E-state index contributed by atoms with van der Waals surface area (Å²) in [5, 5.41) is 0. The monoisotopic (exact) mass is 310 g/mol. The highest BCUT2D eigenvalue weighted by Crippen LogP contribution is 2.33. The molecule has 4 nitrogen and oxygen atoms in total. The molecule has 0 aliphatic carbocycles. The highest BCUT2D eigenvalue weighted by atomic mass is 79.9. The number of furan rings is 1. The van der Waals surface area contributed by atoms with E-state index in [4.69, 9.17) is 13.9 Å². The Morgan fingerprint density at radius 2 is 2.00 bits per heavy atom. The fourth-order valence-electron chi connectivity index (χ4n) is 1.64. The number of benzene rings is 1. The second-order valence-electron chi connectivity index (χ2n) is 3.47. The minimum atomic E-state index is -0.261. The summed E-state index contributed by atoms with van der Waals surface area (Å²) in [6.07, 6.45) is 1.45. The molecule has 1 aromatic carbocycles. The number of ketones is 1. The van der Waals surface area contributed by atoms with E-state index >= 15 is 0 Å². The number of halogens is 1. The van der Waals surface area contributed by atoms with Crippen molar-refractivity contribution >= 4 is 21.7 Å². The topological polar surface area (TPSA) is 48.7 Å². The first-order chi connectivity index (χ1) is 8.69. The summed E-state index contributed by atoms with van der Waals surface area (Å²) < 4.78 is 16.1. The lowest BCUT2D eigenvalue weighted by atomic mass is 10.1. The van der Waals surface area contributed by atoms with Gasteiger partial charge >= 0.3 is 0 Å². The van der Waals surface area contributed by atoms with Crippen molar-refractivity contribution in [1.82, 2.24) is 0 Å². The van der Waals surface area contributed by atoms with Crippen LogP contribution in [0.1, 0.15) is 16.1 Å². The molecule has 0 unspecified atom stereocenters. The fraction of sp³-hybridized carbons (Fsp3) is 0.154. The van der Waals surface area contributed by atoms with Crippen LogP contribution < -0.4 is 9.47 Å². The number of ether oxygens (including phenoxy) is 2. The van der Waals surface area contributed by atoms with Gasteiger partial charge in [0.05, 0.1) is 30.5 Å². The molecule has 1 heterocycles. The Morgan fingerprint density at radius 1 is 1.22 bits per heavy atom. The van der Waals surface area contributed by atoms with Gasteiger partial charge in [-0.05, 0) is 34.1 Å². The van der Waals surface area contributed by atoms with E-state index in [-0.39, 0.29) is 11.5 Å². The summed E-state index contributed by atoms with van der Waals surface area (Å²) in [4.78, 5) is 12.3. The molecule has 0 fully saturated rings. The molecule has 0 spiro atoms. The number of carbonyl (C=O) groups excluding carboxylic acids is 1. The Morgan fingerprint density at radius 3 is 2.56 bits per heavy atom. The normalized spacial score (nSPS) is 10.2. The van der Waals surface area contributed by atoms with E-state index in [1.165, 1.54) is 20.5 Å². The van der Waals surface area contributed by atoms with Gasteiger partial charge in [-0.25, -0.2) is 0 Å². The van der Waals surface area contributed by atoms with Gasteiger partial charge in [-0.1, -0.05) is 6.07 Å². The molecular weight excluding hydrogens is 300 g/mol. The maximum atomic E-state index is 12.3. The third-order valence-electron chi connectivity index (χ3n) is 2.47. The number of para-hydroxylation sites is 1. The van der Waals surface area contributed by atoms with Crippen molar-refractivity contribution in [2.24, 2.45) is 0 Å². The van der Waals surface area contributed by atoms with Crippen LogP contribution in [0.25, 0.3) is 0 Å². The zero-order valence-electron chi connectivity index (χ0n) is 9.90. The minimum absolute atomic E-state index is 0.238. The van der Waals surface area contributed by atoms with E-state index in [0.717, 1.165) is 0 Å². The van der Waals surface area contributed by atoms with Crippen LogP contribution >= 0.6 is 15.9 Å². The molecule has 18 heavy (non-hydrogen) atoms. The number of hydrogen-bond acceptors (Lipinski definition) is 4. The average molecular weight is 311 g/mol. The fourth-order valence-corrected chi connectivity index (χ4v) is 2.03. The molecule has 94 valence electrons. The third kappa shape index (κ3) is 2.13. The zero-order valence-corrected chi connectivity index (χ0v) is 11.5. The van der Waals surface area contributed by atoms with Crippen LogP contribution in [0.3, 0.4) is 0 Å². The van der Waals surface area contributed by atoms with Crippen molar-refractivity contribution in [3.8, 4) is 11.5 Å². The van der Waals surface area contributed by atoms with Crippen LogP contribution in [0, 0.1) is 0 Å². The van der Waals surface area contributed by atoms with E-state index in [9.17, 15) is 4.79 Å². The third-order valence-corrected chi connectivity index (χ3v) is 3.10. The van der Waals surface area contributed by atoms with Crippen LogP contribution in [0.5, 0.6) is 11.5 Å². The molecule has 0 amide bonds. The minimum Gasteiger partial charge on any atom is -0.493 e. The SMILES string of the molecule is COc1cccc(C(=O)c2occc2Br)c1OC. The number of methoxy groups -OCH3 is 2. The summed E-state index contributed by atoms with van der Waals surface area (Å²) in [5.41, 5.74) is 0.396. The largest absolute Gasteiger partial charge is 0.493 e. The Bertz CT molecular complexity index is 574. The van der Waals surface area contributed by atoms with E-state index in [0.29, 0.717) is 21.5 Å².